The van der Waals surface area contributed by atoms with E-state index in [0.717, 1.165) is 19.3 Å². The number of hydrogen-bond acceptors (Lipinski definition) is 2. The molecule has 0 aromatic carbocycles. The second-order valence-corrected chi connectivity index (χ2v) is 4.00. The number of carbonyl (C=O) groups is 1. The maximum Gasteiger partial charge on any atom is 0.123 e. The van der Waals surface area contributed by atoms with Gasteiger partial charge in [-0.25, -0.2) is 0 Å². The maximum absolute atomic E-state index is 10.6. The normalized spacial score (nSPS) is 14.5. The van der Waals surface area contributed by atoms with Crippen LogP contribution in [0.15, 0.2) is 0 Å². The predicted molar refractivity (Wildman–Crippen MR) is 47.6 cm³/mol. The monoisotopic (exact) mass is 157 g/mol. The van der Waals surface area contributed by atoms with Crippen LogP contribution in [0.5, 0.6) is 0 Å². The number of carbonyl (C=O) groups excluding carboxylic acids is 1. The fourth-order valence-corrected chi connectivity index (χ4v) is 1.01. The minimum absolute atomic E-state index is 0.110. The van der Waals surface area contributed by atoms with E-state index in [9.17, 15) is 4.79 Å². The zero-order chi connectivity index (χ0) is 8.91. The Morgan fingerprint density at radius 3 is 2.27 bits per heavy atom. The summed E-state index contributed by atoms with van der Waals surface area (Å²) in [5.41, 5.74) is 0.110. The van der Waals surface area contributed by atoms with Gasteiger partial charge in [-0.1, -0.05) is 20.8 Å². The Morgan fingerprint density at radius 1 is 1.45 bits per heavy atom. The molecular formula is C9H19NO. The molecule has 1 atom stereocenters. The van der Waals surface area contributed by atoms with Crippen LogP contribution < -0.4 is 5.32 Å². The molecule has 0 heterocycles. The fourth-order valence-electron chi connectivity index (χ4n) is 1.01. The van der Waals surface area contributed by atoms with Crippen molar-refractivity contribution in [3.8, 4) is 0 Å². The summed E-state index contributed by atoms with van der Waals surface area (Å²) in [6.45, 7) is 7.21. The van der Waals surface area contributed by atoms with Crippen molar-refractivity contribution in [1.82, 2.24) is 5.32 Å². The first-order valence-electron chi connectivity index (χ1n) is 4.12. The zero-order valence-corrected chi connectivity index (χ0v) is 7.98. The first-order chi connectivity index (χ1) is 5.02. The highest BCUT2D eigenvalue weighted by molar-refractivity contribution is 5.54. The van der Waals surface area contributed by atoms with Crippen LogP contribution in [0.4, 0.5) is 0 Å². The number of rotatable bonds is 4. The smallest absolute Gasteiger partial charge is 0.123 e. The SMILES string of the molecule is CNCCC(C=O)C(C)(C)C. The van der Waals surface area contributed by atoms with Crippen LogP contribution in [-0.2, 0) is 4.79 Å². The van der Waals surface area contributed by atoms with Gasteiger partial charge in [0.15, 0.2) is 0 Å². The molecule has 2 heteroatoms. The quantitative estimate of drug-likeness (QED) is 0.626. The molecule has 0 aliphatic carbocycles. The molecule has 0 bridgehead atoms. The molecule has 0 aliphatic heterocycles. The van der Waals surface area contributed by atoms with Gasteiger partial charge in [0.25, 0.3) is 0 Å². The zero-order valence-electron chi connectivity index (χ0n) is 7.98. The van der Waals surface area contributed by atoms with Crippen molar-refractivity contribution in [3.05, 3.63) is 0 Å². The van der Waals surface area contributed by atoms with E-state index in [4.69, 9.17) is 0 Å². The summed E-state index contributed by atoms with van der Waals surface area (Å²) in [5.74, 6) is 0.176. The Hall–Kier alpha value is -0.370. The van der Waals surface area contributed by atoms with Crippen LogP contribution in [0.2, 0.25) is 0 Å². The lowest BCUT2D eigenvalue weighted by molar-refractivity contribution is -0.114. The van der Waals surface area contributed by atoms with Gasteiger partial charge in [0.2, 0.25) is 0 Å². The molecule has 0 saturated carbocycles. The van der Waals surface area contributed by atoms with Crippen molar-refractivity contribution >= 4 is 6.29 Å². The van der Waals surface area contributed by atoms with E-state index >= 15 is 0 Å². The molecule has 0 radical (unpaired) electrons. The summed E-state index contributed by atoms with van der Waals surface area (Å²) in [4.78, 5) is 10.6. The van der Waals surface area contributed by atoms with Crippen LogP contribution in [0.25, 0.3) is 0 Å². The first-order valence-corrected chi connectivity index (χ1v) is 4.12. The predicted octanol–water partition coefficient (Wildman–Crippen LogP) is 1.46. The van der Waals surface area contributed by atoms with E-state index in [-0.39, 0.29) is 11.3 Å². The number of hydrogen-bond donors (Lipinski definition) is 1. The molecule has 1 unspecified atom stereocenters. The summed E-state index contributed by atoms with van der Waals surface area (Å²) in [5, 5.41) is 3.05. The molecule has 0 aromatic rings. The maximum atomic E-state index is 10.6. The van der Waals surface area contributed by atoms with Gasteiger partial charge >= 0.3 is 0 Å². The third kappa shape index (κ3) is 4.14. The summed E-state index contributed by atoms with van der Waals surface area (Å²) in [6, 6.07) is 0. The number of nitrogens with one attached hydrogen (secondary N) is 1. The molecule has 11 heavy (non-hydrogen) atoms. The molecular weight excluding hydrogens is 138 g/mol. The minimum Gasteiger partial charge on any atom is -0.320 e. The highest BCUT2D eigenvalue weighted by Gasteiger charge is 2.22. The van der Waals surface area contributed by atoms with Crippen LogP contribution in [0.1, 0.15) is 27.2 Å². The van der Waals surface area contributed by atoms with Crippen molar-refractivity contribution in [2.45, 2.75) is 27.2 Å². The van der Waals surface area contributed by atoms with Gasteiger partial charge in [-0.2, -0.15) is 0 Å². The van der Waals surface area contributed by atoms with E-state index in [1.807, 2.05) is 7.05 Å². The van der Waals surface area contributed by atoms with Crippen LogP contribution >= 0.6 is 0 Å². The molecule has 1 N–H and O–H groups in total. The average Bonchev–Trinajstić information content (AvgIpc) is 1.87. The lowest BCUT2D eigenvalue weighted by atomic mass is 9.80. The van der Waals surface area contributed by atoms with Crippen LogP contribution in [-0.4, -0.2) is 19.9 Å². The lowest BCUT2D eigenvalue weighted by Gasteiger charge is -2.25. The molecule has 2 nitrogen and oxygen atoms in total. The highest BCUT2D eigenvalue weighted by atomic mass is 16.1. The van der Waals surface area contributed by atoms with Gasteiger partial charge in [0.05, 0.1) is 0 Å². The van der Waals surface area contributed by atoms with Crippen LogP contribution in [0, 0.1) is 11.3 Å². The highest BCUT2D eigenvalue weighted by Crippen LogP contribution is 2.26. The Morgan fingerprint density at radius 2 is 2.00 bits per heavy atom. The third-order valence-electron chi connectivity index (χ3n) is 1.98. The molecule has 0 saturated heterocycles. The summed E-state index contributed by atoms with van der Waals surface area (Å²) in [7, 11) is 1.91. The van der Waals surface area contributed by atoms with Gasteiger partial charge in [-0.05, 0) is 25.4 Å². The van der Waals surface area contributed by atoms with Crippen LogP contribution in [0.3, 0.4) is 0 Å². The largest absolute Gasteiger partial charge is 0.320 e. The van der Waals surface area contributed by atoms with Crippen molar-refractivity contribution in [1.29, 1.82) is 0 Å². The van der Waals surface area contributed by atoms with Crippen molar-refractivity contribution in [3.63, 3.8) is 0 Å². The Bertz CT molecular complexity index is 115. The molecule has 0 amide bonds. The summed E-state index contributed by atoms with van der Waals surface area (Å²) < 4.78 is 0. The second-order valence-electron chi connectivity index (χ2n) is 4.00. The van der Waals surface area contributed by atoms with Gasteiger partial charge < -0.3 is 10.1 Å². The van der Waals surface area contributed by atoms with Crippen molar-refractivity contribution in [2.24, 2.45) is 11.3 Å². The summed E-state index contributed by atoms with van der Waals surface area (Å²) in [6.07, 6.45) is 2.00. The lowest BCUT2D eigenvalue weighted by Crippen LogP contribution is -2.25. The van der Waals surface area contributed by atoms with Gasteiger partial charge in [0.1, 0.15) is 6.29 Å². The molecule has 0 aliphatic rings. The molecule has 0 spiro atoms. The van der Waals surface area contributed by atoms with E-state index < -0.39 is 0 Å². The first kappa shape index (κ1) is 10.6. The Balaban J connectivity index is 3.86. The van der Waals surface area contributed by atoms with E-state index in [2.05, 4.69) is 26.1 Å². The Labute approximate surface area is 69.4 Å². The molecule has 0 rings (SSSR count). The Kier molecular flexibility index (Phi) is 4.34. The van der Waals surface area contributed by atoms with E-state index in [1.165, 1.54) is 0 Å². The molecule has 66 valence electrons. The average molecular weight is 157 g/mol. The van der Waals surface area contributed by atoms with Crippen molar-refractivity contribution in [2.75, 3.05) is 13.6 Å². The van der Waals surface area contributed by atoms with Gasteiger partial charge in [-0.3, -0.25) is 0 Å². The third-order valence-corrected chi connectivity index (χ3v) is 1.98. The van der Waals surface area contributed by atoms with E-state index in [1.54, 1.807) is 0 Å². The summed E-state index contributed by atoms with van der Waals surface area (Å²) >= 11 is 0. The number of aldehydes is 1. The van der Waals surface area contributed by atoms with E-state index in [0.29, 0.717) is 0 Å². The molecule has 0 aromatic heterocycles. The second kappa shape index (κ2) is 4.50. The topological polar surface area (TPSA) is 29.1 Å². The van der Waals surface area contributed by atoms with Gasteiger partial charge in [0, 0.05) is 5.92 Å². The van der Waals surface area contributed by atoms with Gasteiger partial charge in [-0.15, -0.1) is 0 Å². The minimum atomic E-state index is 0.110. The fraction of sp³-hybridized carbons (Fsp3) is 0.889. The van der Waals surface area contributed by atoms with Crippen molar-refractivity contribution < 1.29 is 4.79 Å². The molecule has 0 fully saturated rings. The standard InChI is InChI=1S/C9H19NO/c1-9(2,3)8(7-11)5-6-10-4/h7-8,10H,5-6H2,1-4H3.